The van der Waals surface area contributed by atoms with Crippen LogP contribution in [0.25, 0.3) is 0 Å². The van der Waals surface area contributed by atoms with E-state index in [1.54, 1.807) is 0 Å². The van der Waals surface area contributed by atoms with E-state index in [4.69, 9.17) is 16.7 Å². The summed E-state index contributed by atoms with van der Waals surface area (Å²) in [5.74, 6) is -0.945. The summed E-state index contributed by atoms with van der Waals surface area (Å²) >= 11 is 5.53. The number of aliphatic hydroxyl groups excluding tert-OH is 1. The standard InChI is InChI=1S/C7H5ClN2O4/c8-6-2-4(7(12)14-10-13)1-5(3-11)9-6/h1-2,11H,3H2. The van der Waals surface area contributed by atoms with Gasteiger partial charge in [-0.05, 0) is 12.1 Å². The summed E-state index contributed by atoms with van der Waals surface area (Å²) in [7, 11) is 0. The second-order valence-corrected chi connectivity index (χ2v) is 2.67. The SMILES string of the molecule is O=NOC(=O)c1cc(Cl)nc(CO)c1. The third kappa shape index (κ3) is 2.48. The average molecular weight is 217 g/mol. The quantitative estimate of drug-likeness (QED) is 0.464. The van der Waals surface area contributed by atoms with Crippen LogP contribution >= 0.6 is 11.6 Å². The molecule has 0 aromatic carbocycles. The minimum Gasteiger partial charge on any atom is -0.390 e. The van der Waals surface area contributed by atoms with Crippen molar-refractivity contribution in [3.05, 3.63) is 33.5 Å². The van der Waals surface area contributed by atoms with Gasteiger partial charge >= 0.3 is 5.97 Å². The number of aliphatic hydroxyl groups is 1. The smallest absolute Gasteiger partial charge is 0.369 e. The molecule has 14 heavy (non-hydrogen) atoms. The van der Waals surface area contributed by atoms with Gasteiger partial charge in [0.15, 0.2) is 5.34 Å². The summed E-state index contributed by atoms with van der Waals surface area (Å²) in [6.07, 6.45) is 0. The lowest BCUT2D eigenvalue weighted by atomic mass is 10.2. The molecule has 1 aromatic heterocycles. The molecule has 7 heteroatoms. The van der Waals surface area contributed by atoms with Gasteiger partial charge in [0.25, 0.3) is 0 Å². The minimum atomic E-state index is -0.945. The van der Waals surface area contributed by atoms with Crippen LogP contribution in [0.5, 0.6) is 0 Å². The molecule has 0 unspecified atom stereocenters. The zero-order valence-corrected chi connectivity index (χ0v) is 7.56. The maximum atomic E-state index is 11.0. The molecule has 1 rings (SSSR count). The normalized spacial score (nSPS) is 9.57. The van der Waals surface area contributed by atoms with Gasteiger partial charge in [0.2, 0.25) is 0 Å². The fraction of sp³-hybridized carbons (Fsp3) is 0.143. The lowest BCUT2D eigenvalue weighted by molar-refractivity contribution is 0.0508. The Hall–Kier alpha value is -1.53. The third-order valence-corrected chi connectivity index (χ3v) is 1.56. The van der Waals surface area contributed by atoms with Crippen LogP contribution in [0.3, 0.4) is 0 Å². The van der Waals surface area contributed by atoms with Crippen molar-refractivity contribution in [2.45, 2.75) is 6.61 Å². The van der Waals surface area contributed by atoms with Crippen molar-refractivity contribution < 1.29 is 14.7 Å². The van der Waals surface area contributed by atoms with Crippen molar-refractivity contribution in [2.75, 3.05) is 0 Å². The highest BCUT2D eigenvalue weighted by Gasteiger charge is 2.10. The molecule has 1 N–H and O–H groups in total. The van der Waals surface area contributed by atoms with Gasteiger partial charge in [0, 0.05) is 0 Å². The number of halogens is 1. The van der Waals surface area contributed by atoms with Crippen LogP contribution in [0.2, 0.25) is 5.15 Å². The first-order chi connectivity index (χ1) is 6.67. The van der Waals surface area contributed by atoms with Gasteiger partial charge in [0.05, 0.1) is 17.9 Å². The highest BCUT2D eigenvalue weighted by atomic mass is 35.5. The van der Waals surface area contributed by atoms with E-state index in [2.05, 4.69) is 9.82 Å². The molecule has 0 saturated heterocycles. The van der Waals surface area contributed by atoms with Crippen LogP contribution in [0.1, 0.15) is 16.1 Å². The summed E-state index contributed by atoms with van der Waals surface area (Å²) in [6.45, 7) is -0.366. The highest BCUT2D eigenvalue weighted by molar-refractivity contribution is 6.29. The predicted molar refractivity (Wildman–Crippen MR) is 46.4 cm³/mol. The molecule has 0 spiro atoms. The zero-order chi connectivity index (χ0) is 10.6. The van der Waals surface area contributed by atoms with E-state index in [-0.39, 0.29) is 23.0 Å². The molecule has 0 aliphatic carbocycles. The number of hydrogen-bond donors (Lipinski definition) is 1. The minimum absolute atomic E-state index is 0.00801. The van der Waals surface area contributed by atoms with Crippen molar-refractivity contribution >= 4 is 17.6 Å². The van der Waals surface area contributed by atoms with Gasteiger partial charge in [-0.25, -0.2) is 9.78 Å². The molecule has 6 nitrogen and oxygen atoms in total. The lowest BCUT2D eigenvalue weighted by Crippen LogP contribution is -2.03. The lowest BCUT2D eigenvalue weighted by Gasteiger charge is -2.00. The summed E-state index contributed by atoms with van der Waals surface area (Å²) in [4.78, 5) is 28.2. The summed E-state index contributed by atoms with van der Waals surface area (Å²) < 4.78 is 0. The van der Waals surface area contributed by atoms with Gasteiger partial charge in [-0.2, -0.15) is 0 Å². The molecular formula is C7H5ClN2O4. The number of hydrogen-bond acceptors (Lipinski definition) is 6. The van der Waals surface area contributed by atoms with Crippen molar-refractivity contribution in [3.63, 3.8) is 0 Å². The van der Waals surface area contributed by atoms with Crippen molar-refractivity contribution in [3.8, 4) is 0 Å². The van der Waals surface area contributed by atoms with Gasteiger partial charge < -0.3 is 5.11 Å². The monoisotopic (exact) mass is 216 g/mol. The Labute approximate surface area is 83.4 Å². The van der Waals surface area contributed by atoms with E-state index in [9.17, 15) is 9.70 Å². The molecule has 0 atom stereocenters. The molecule has 0 bridgehead atoms. The van der Waals surface area contributed by atoms with Gasteiger partial charge in [0.1, 0.15) is 5.15 Å². The largest absolute Gasteiger partial charge is 0.390 e. The first-order valence-electron chi connectivity index (χ1n) is 3.48. The van der Waals surface area contributed by atoms with Crippen LogP contribution in [0.4, 0.5) is 0 Å². The first kappa shape index (κ1) is 10.6. The van der Waals surface area contributed by atoms with Crippen molar-refractivity contribution in [1.29, 1.82) is 0 Å². The maximum Gasteiger partial charge on any atom is 0.369 e. The Balaban J connectivity index is 3.02. The molecule has 0 amide bonds. The summed E-state index contributed by atoms with van der Waals surface area (Å²) in [6, 6.07) is 2.45. The van der Waals surface area contributed by atoms with Crippen molar-refractivity contribution in [1.82, 2.24) is 4.98 Å². The molecule has 1 heterocycles. The Morgan fingerprint density at radius 3 is 2.93 bits per heavy atom. The van der Waals surface area contributed by atoms with Crippen LogP contribution in [-0.4, -0.2) is 16.1 Å². The van der Waals surface area contributed by atoms with Gasteiger partial charge in [-0.3, -0.25) is 4.84 Å². The van der Waals surface area contributed by atoms with E-state index in [1.165, 1.54) is 12.1 Å². The number of carbonyl (C=O) groups is 1. The topological polar surface area (TPSA) is 88.9 Å². The van der Waals surface area contributed by atoms with Gasteiger partial charge in [-0.15, -0.1) is 4.91 Å². The first-order valence-corrected chi connectivity index (χ1v) is 3.86. The fourth-order valence-corrected chi connectivity index (χ4v) is 1.06. The number of nitrogens with zero attached hydrogens (tertiary/aromatic N) is 2. The average Bonchev–Trinajstić information content (AvgIpc) is 2.17. The molecule has 74 valence electrons. The second kappa shape index (κ2) is 4.64. The van der Waals surface area contributed by atoms with E-state index in [0.717, 1.165) is 0 Å². The Morgan fingerprint density at radius 1 is 1.64 bits per heavy atom. The molecule has 1 aromatic rings. The molecule has 0 fully saturated rings. The predicted octanol–water partition coefficient (Wildman–Crippen LogP) is 1.07. The van der Waals surface area contributed by atoms with Gasteiger partial charge in [-0.1, -0.05) is 11.6 Å². The van der Waals surface area contributed by atoms with E-state index in [0.29, 0.717) is 0 Å². The summed E-state index contributed by atoms with van der Waals surface area (Å²) in [5, 5.41) is 10.7. The zero-order valence-electron chi connectivity index (χ0n) is 6.81. The molecular weight excluding hydrogens is 212 g/mol. The van der Waals surface area contributed by atoms with E-state index in [1.807, 2.05) is 5.34 Å². The highest BCUT2D eigenvalue weighted by Crippen LogP contribution is 2.12. The molecule has 0 aliphatic heterocycles. The van der Waals surface area contributed by atoms with E-state index >= 15 is 0 Å². The van der Waals surface area contributed by atoms with Crippen LogP contribution < -0.4 is 0 Å². The Bertz CT molecular complexity index is 369. The second-order valence-electron chi connectivity index (χ2n) is 2.28. The maximum absolute atomic E-state index is 11.0. The molecule has 0 radical (unpaired) electrons. The van der Waals surface area contributed by atoms with Crippen LogP contribution in [-0.2, 0) is 11.4 Å². The third-order valence-electron chi connectivity index (χ3n) is 1.37. The van der Waals surface area contributed by atoms with Crippen LogP contribution in [0.15, 0.2) is 17.5 Å². The van der Waals surface area contributed by atoms with Crippen molar-refractivity contribution in [2.24, 2.45) is 5.34 Å². The summed E-state index contributed by atoms with van der Waals surface area (Å²) in [5.41, 5.74) is 0.212. The fourth-order valence-electron chi connectivity index (χ4n) is 0.837. The number of pyridine rings is 1. The molecule has 0 saturated carbocycles. The number of rotatable bonds is 3. The van der Waals surface area contributed by atoms with E-state index < -0.39 is 5.97 Å². The number of aromatic nitrogens is 1. The Kier molecular flexibility index (Phi) is 3.49. The van der Waals surface area contributed by atoms with Crippen LogP contribution in [0, 0.1) is 4.91 Å². The number of carbonyl (C=O) groups excluding carboxylic acids is 1. The molecule has 0 aliphatic rings. The Morgan fingerprint density at radius 2 is 2.36 bits per heavy atom.